The van der Waals surface area contributed by atoms with Crippen molar-refractivity contribution >= 4 is 11.8 Å². The molecule has 2 aliphatic rings. The molecule has 1 heterocycles. The SMILES string of the molecule is O=C1CN(C(=O)CC2=CCCCC2)CC(O)CN1CCc1ccccc1. The van der Waals surface area contributed by atoms with Crippen molar-refractivity contribution in [3.8, 4) is 0 Å². The Bertz CT molecular complexity index is 656. The summed E-state index contributed by atoms with van der Waals surface area (Å²) >= 11 is 0. The van der Waals surface area contributed by atoms with Gasteiger partial charge in [0.2, 0.25) is 11.8 Å². The van der Waals surface area contributed by atoms with Crippen LogP contribution in [0.3, 0.4) is 0 Å². The van der Waals surface area contributed by atoms with Crippen LogP contribution in [0.4, 0.5) is 0 Å². The summed E-state index contributed by atoms with van der Waals surface area (Å²) in [6.45, 7) is 1.16. The summed E-state index contributed by atoms with van der Waals surface area (Å²) in [6.07, 6.45) is 6.93. The van der Waals surface area contributed by atoms with Gasteiger partial charge in [0.05, 0.1) is 12.6 Å². The fourth-order valence-corrected chi connectivity index (χ4v) is 3.68. The van der Waals surface area contributed by atoms with Gasteiger partial charge in [-0.1, -0.05) is 42.0 Å². The molecule has 5 heteroatoms. The Balaban J connectivity index is 1.57. The molecule has 1 aromatic carbocycles. The molecule has 1 aromatic rings. The zero-order valence-electron chi connectivity index (χ0n) is 15.3. The highest BCUT2D eigenvalue weighted by molar-refractivity contribution is 5.86. The summed E-state index contributed by atoms with van der Waals surface area (Å²) in [5.74, 6) is -0.126. The van der Waals surface area contributed by atoms with Crippen molar-refractivity contribution in [2.75, 3.05) is 26.2 Å². The standard InChI is InChI=1S/C21H28N2O3/c24-19-14-22(12-11-17-7-3-1-4-8-17)21(26)16-23(15-19)20(25)13-18-9-5-2-6-10-18/h1,3-4,7-9,19,24H,2,5-6,10-16H2. The van der Waals surface area contributed by atoms with E-state index in [1.54, 1.807) is 4.90 Å². The molecule has 26 heavy (non-hydrogen) atoms. The number of hydrogen-bond donors (Lipinski definition) is 1. The molecule has 0 spiro atoms. The summed E-state index contributed by atoms with van der Waals surface area (Å²) in [4.78, 5) is 28.4. The number of carbonyl (C=O) groups is 2. The van der Waals surface area contributed by atoms with Crippen LogP contribution in [0.15, 0.2) is 42.0 Å². The molecule has 0 radical (unpaired) electrons. The normalized spacial score (nSPS) is 21.3. The van der Waals surface area contributed by atoms with Crippen molar-refractivity contribution < 1.29 is 14.7 Å². The minimum Gasteiger partial charge on any atom is -0.389 e. The van der Waals surface area contributed by atoms with Gasteiger partial charge in [-0.05, 0) is 37.7 Å². The van der Waals surface area contributed by atoms with Gasteiger partial charge in [0.15, 0.2) is 0 Å². The Labute approximate surface area is 155 Å². The molecule has 0 aromatic heterocycles. The highest BCUT2D eigenvalue weighted by Crippen LogP contribution is 2.21. The molecular formula is C21H28N2O3. The lowest BCUT2D eigenvalue weighted by Crippen LogP contribution is -2.40. The van der Waals surface area contributed by atoms with Crippen LogP contribution in [0.25, 0.3) is 0 Å². The molecule has 1 atom stereocenters. The first-order chi connectivity index (χ1) is 12.6. The zero-order chi connectivity index (χ0) is 18.4. The van der Waals surface area contributed by atoms with E-state index < -0.39 is 6.10 Å². The van der Waals surface area contributed by atoms with Crippen LogP contribution < -0.4 is 0 Å². The minimum absolute atomic E-state index is 0.0459. The molecule has 2 amide bonds. The Morgan fingerprint density at radius 3 is 2.69 bits per heavy atom. The molecule has 0 bridgehead atoms. The Hall–Kier alpha value is -2.14. The van der Waals surface area contributed by atoms with E-state index in [0.717, 1.165) is 31.2 Å². The van der Waals surface area contributed by atoms with Gasteiger partial charge in [-0.2, -0.15) is 0 Å². The second kappa shape index (κ2) is 8.99. The molecule has 5 nitrogen and oxygen atoms in total. The Morgan fingerprint density at radius 1 is 1.15 bits per heavy atom. The van der Waals surface area contributed by atoms with E-state index in [4.69, 9.17) is 0 Å². The monoisotopic (exact) mass is 356 g/mol. The molecular weight excluding hydrogens is 328 g/mol. The van der Waals surface area contributed by atoms with E-state index in [1.165, 1.54) is 16.9 Å². The summed E-state index contributed by atoms with van der Waals surface area (Å²) in [6, 6.07) is 10.00. The molecule has 3 rings (SSSR count). The molecule has 1 aliphatic heterocycles. The first-order valence-corrected chi connectivity index (χ1v) is 9.57. The maximum absolute atomic E-state index is 12.6. The van der Waals surface area contributed by atoms with Crippen molar-refractivity contribution in [2.45, 2.75) is 44.6 Å². The number of aliphatic hydroxyl groups is 1. The number of rotatable bonds is 5. The van der Waals surface area contributed by atoms with E-state index in [9.17, 15) is 14.7 Å². The number of benzene rings is 1. The van der Waals surface area contributed by atoms with Crippen LogP contribution in [0, 0.1) is 0 Å². The van der Waals surface area contributed by atoms with E-state index in [1.807, 2.05) is 30.3 Å². The van der Waals surface area contributed by atoms with Gasteiger partial charge in [0.1, 0.15) is 0 Å². The van der Waals surface area contributed by atoms with Crippen LogP contribution in [-0.2, 0) is 16.0 Å². The van der Waals surface area contributed by atoms with Gasteiger partial charge >= 0.3 is 0 Å². The average Bonchev–Trinajstić information content (AvgIpc) is 2.80. The first kappa shape index (κ1) is 18.6. The van der Waals surface area contributed by atoms with Crippen LogP contribution >= 0.6 is 0 Å². The van der Waals surface area contributed by atoms with E-state index in [2.05, 4.69) is 6.08 Å². The number of allylic oxidation sites excluding steroid dienone is 1. The minimum atomic E-state index is -0.693. The quantitative estimate of drug-likeness (QED) is 0.823. The average molecular weight is 356 g/mol. The van der Waals surface area contributed by atoms with Crippen molar-refractivity contribution in [3.05, 3.63) is 47.5 Å². The van der Waals surface area contributed by atoms with Crippen LogP contribution in [0.2, 0.25) is 0 Å². The van der Waals surface area contributed by atoms with Crippen molar-refractivity contribution in [2.24, 2.45) is 0 Å². The fraction of sp³-hybridized carbons (Fsp3) is 0.524. The van der Waals surface area contributed by atoms with Gasteiger partial charge in [0.25, 0.3) is 0 Å². The third kappa shape index (κ3) is 5.18. The number of amides is 2. The summed E-state index contributed by atoms with van der Waals surface area (Å²) in [5.41, 5.74) is 2.34. The molecule has 1 aliphatic carbocycles. The zero-order valence-corrected chi connectivity index (χ0v) is 15.3. The second-order valence-corrected chi connectivity index (χ2v) is 7.29. The Morgan fingerprint density at radius 2 is 1.96 bits per heavy atom. The maximum Gasteiger partial charge on any atom is 0.242 e. The number of nitrogens with zero attached hydrogens (tertiary/aromatic N) is 2. The molecule has 140 valence electrons. The van der Waals surface area contributed by atoms with E-state index in [-0.39, 0.29) is 31.4 Å². The number of β-amino-alcohol motifs (C(OH)–C–C–N with tert-alkyl or cyclic N) is 1. The molecule has 1 N–H and O–H groups in total. The molecule has 1 unspecified atom stereocenters. The van der Waals surface area contributed by atoms with Gasteiger partial charge in [0, 0.05) is 26.1 Å². The lowest BCUT2D eigenvalue weighted by molar-refractivity contribution is -0.138. The topological polar surface area (TPSA) is 60.9 Å². The summed E-state index contributed by atoms with van der Waals surface area (Å²) < 4.78 is 0. The number of aliphatic hydroxyl groups excluding tert-OH is 1. The van der Waals surface area contributed by atoms with E-state index >= 15 is 0 Å². The van der Waals surface area contributed by atoms with Gasteiger partial charge < -0.3 is 14.9 Å². The van der Waals surface area contributed by atoms with Crippen LogP contribution in [0.1, 0.15) is 37.7 Å². The predicted molar refractivity (Wildman–Crippen MR) is 100 cm³/mol. The van der Waals surface area contributed by atoms with Crippen molar-refractivity contribution in [3.63, 3.8) is 0 Å². The van der Waals surface area contributed by atoms with Gasteiger partial charge in [-0.25, -0.2) is 0 Å². The third-order valence-electron chi connectivity index (χ3n) is 5.17. The number of carbonyl (C=O) groups excluding carboxylic acids is 2. The highest BCUT2D eigenvalue weighted by Gasteiger charge is 2.29. The van der Waals surface area contributed by atoms with Crippen molar-refractivity contribution in [1.82, 2.24) is 9.80 Å². The molecule has 0 saturated carbocycles. The molecule has 1 saturated heterocycles. The van der Waals surface area contributed by atoms with Crippen LogP contribution in [0.5, 0.6) is 0 Å². The van der Waals surface area contributed by atoms with Gasteiger partial charge in [-0.15, -0.1) is 0 Å². The van der Waals surface area contributed by atoms with Crippen LogP contribution in [-0.4, -0.2) is 59.0 Å². The smallest absolute Gasteiger partial charge is 0.242 e. The van der Waals surface area contributed by atoms with Crippen molar-refractivity contribution in [1.29, 1.82) is 0 Å². The molecule has 1 fully saturated rings. The summed E-state index contributed by atoms with van der Waals surface area (Å²) in [5, 5.41) is 10.3. The van der Waals surface area contributed by atoms with E-state index in [0.29, 0.717) is 13.0 Å². The number of hydrogen-bond acceptors (Lipinski definition) is 3. The predicted octanol–water partition coefficient (Wildman–Crippen LogP) is 2.15. The Kier molecular flexibility index (Phi) is 6.45. The first-order valence-electron chi connectivity index (χ1n) is 9.57. The largest absolute Gasteiger partial charge is 0.389 e. The lowest BCUT2D eigenvalue weighted by Gasteiger charge is -2.22. The van der Waals surface area contributed by atoms with Gasteiger partial charge in [-0.3, -0.25) is 9.59 Å². The second-order valence-electron chi connectivity index (χ2n) is 7.29. The maximum atomic E-state index is 12.6. The summed E-state index contributed by atoms with van der Waals surface area (Å²) in [7, 11) is 0. The lowest BCUT2D eigenvalue weighted by atomic mass is 9.97. The highest BCUT2D eigenvalue weighted by atomic mass is 16.3. The fourth-order valence-electron chi connectivity index (χ4n) is 3.68. The third-order valence-corrected chi connectivity index (χ3v) is 5.17.